The van der Waals surface area contributed by atoms with Crippen molar-refractivity contribution in [3.63, 3.8) is 0 Å². The van der Waals surface area contributed by atoms with Crippen LogP contribution in [-0.4, -0.2) is 70.2 Å². The van der Waals surface area contributed by atoms with Crippen LogP contribution in [-0.2, 0) is 42.2 Å². The van der Waals surface area contributed by atoms with Crippen LogP contribution in [0.15, 0.2) is 12.1 Å². The van der Waals surface area contributed by atoms with Gasteiger partial charge >= 0.3 is 0 Å². The molecule has 1 unspecified atom stereocenters. The number of thioether (sulfide) groups is 2. The van der Waals surface area contributed by atoms with Crippen LogP contribution in [0, 0.1) is 22.7 Å². The molecule has 0 N–H and O–H groups in total. The van der Waals surface area contributed by atoms with Crippen molar-refractivity contribution in [3.05, 3.63) is 67.8 Å². The highest BCUT2D eigenvalue weighted by Gasteiger charge is 2.60. The molecule has 1 spiro atoms. The fourth-order valence-electron chi connectivity index (χ4n) is 11.3. The van der Waals surface area contributed by atoms with Gasteiger partial charge in [-0.05, 0) is 110 Å². The molecule has 0 saturated carbocycles. The SMILES string of the molecule is CC1(C)CC2(CC(C)(C)c3cc4c(c(CN5CCSCC5)c32)OC(C)(C)C(C)(C)O4)c2c1cc1c(c2CN2CCSCC2)Oc2c(C#N)c3c(c(C#N)c2O1)CC3. The van der Waals surface area contributed by atoms with Crippen molar-refractivity contribution >= 4 is 23.5 Å². The van der Waals surface area contributed by atoms with E-state index < -0.39 is 11.2 Å². The van der Waals surface area contributed by atoms with E-state index in [-0.39, 0.29) is 16.2 Å². The molecule has 1 atom stereocenters. The summed E-state index contributed by atoms with van der Waals surface area (Å²) in [6.07, 6.45) is 3.42. The quantitative estimate of drug-likeness (QED) is 0.199. The van der Waals surface area contributed by atoms with Crippen LogP contribution in [0.3, 0.4) is 0 Å². The van der Waals surface area contributed by atoms with Crippen LogP contribution in [0.5, 0.6) is 34.5 Å². The van der Waals surface area contributed by atoms with Crippen molar-refractivity contribution in [1.82, 2.24) is 9.80 Å². The van der Waals surface area contributed by atoms with E-state index in [2.05, 4.69) is 89.5 Å². The second-order valence-corrected chi connectivity index (χ2v) is 22.2. The Morgan fingerprint density at radius 2 is 1.05 bits per heavy atom. The smallest absolute Gasteiger partial charge is 0.189 e. The second kappa shape index (κ2) is 12.7. The van der Waals surface area contributed by atoms with Gasteiger partial charge in [0.2, 0.25) is 0 Å². The number of fused-ring (bicyclic) bond motifs is 8. The fourth-order valence-corrected chi connectivity index (χ4v) is 13.2. The molecule has 2 saturated heterocycles. The minimum Gasteiger partial charge on any atom is -0.480 e. The highest BCUT2D eigenvalue weighted by atomic mass is 32.2. The van der Waals surface area contributed by atoms with Crippen LogP contribution < -0.4 is 18.9 Å². The number of benzene rings is 3. The lowest BCUT2D eigenvalue weighted by atomic mass is 9.70. The molecule has 4 heterocycles. The van der Waals surface area contributed by atoms with E-state index in [1.807, 2.05) is 23.5 Å². The summed E-state index contributed by atoms with van der Waals surface area (Å²) in [5.41, 5.74) is 8.95. The van der Waals surface area contributed by atoms with Crippen LogP contribution in [0.2, 0.25) is 0 Å². The monoisotopic (exact) mass is 802 g/mol. The summed E-state index contributed by atoms with van der Waals surface area (Å²) in [6, 6.07) is 9.47. The van der Waals surface area contributed by atoms with E-state index in [9.17, 15) is 10.5 Å². The topological polar surface area (TPSA) is 91.0 Å². The maximum atomic E-state index is 10.6. The van der Waals surface area contributed by atoms with Gasteiger partial charge in [0.1, 0.15) is 34.5 Å². The summed E-state index contributed by atoms with van der Waals surface area (Å²) in [5, 5.41) is 21.0. The molecule has 10 rings (SSSR count). The zero-order chi connectivity index (χ0) is 39.9. The maximum Gasteiger partial charge on any atom is 0.189 e. The third-order valence-electron chi connectivity index (χ3n) is 14.6. The van der Waals surface area contributed by atoms with Gasteiger partial charge in [0.25, 0.3) is 0 Å². The largest absolute Gasteiger partial charge is 0.480 e. The van der Waals surface area contributed by atoms with Crippen molar-refractivity contribution < 1.29 is 18.9 Å². The molecular formula is C47H54N4O4S2. The van der Waals surface area contributed by atoms with E-state index in [1.165, 1.54) is 27.8 Å². The van der Waals surface area contributed by atoms with Crippen molar-refractivity contribution in [2.24, 2.45) is 0 Å². The molecule has 0 radical (unpaired) electrons. The molecule has 298 valence electrons. The molecule has 10 heteroatoms. The molecule has 0 amide bonds. The summed E-state index contributed by atoms with van der Waals surface area (Å²) in [4.78, 5) is 5.21. The average Bonchev–Trinajstić information content (AvgIpc) is 3.51. The van der Waals surface area contributed by atoms with Crippen molar-refractivity contribution in [2.45, 2.75) is 122 Å². The number of rotatable bonds is 4. The molecule has 0 aromatic heterocycles. The Kier molecular flexibility index (Phi) is 8.42. The van der Waals surface area contributed by atoms with Gasteiger partial charge in [-0.15, -0.1) is 0 Å². The van der Waals surface area contributed by atoms with Gasteiger partial charge in [0.05, 0.1) is 0 Å². The first-order valence-corrected chi connectivity index (χ1v) is 23.2. The molecule has 3 aliphatic carbocycles. The Morgan fingerprint density at radius 1 is 0.596 bits per heavy atom. The zero-order valence-corrected chi connectivity index (χ0v) is 36.4. The minimum absolute atomic E-state index is 0.161. The Balaban J connectivity index is 1.25. The number of nitriles is 2. The number of nitrogens with zero attached hydrogens (tertiary/aromatic N) is 4. The fraction of sp³-hybridized carbons (Fsp3) is 0.574. The Labute approximate surface area is 346 Å². The van der Waals surface area contributed by atoms with Gasteiger partial charge in [-0.1, -0.05) is 27.7 Å². The first-order chi connectivity index (χ1) is 27.1. The molecule has 8 nitrogen and oxygen atoms in total. The van der Waals surface area contributed by atoms with Crippen LogP contribution in [0.4, 0.5) is 0 Å². The predicted molar refractivity (Wildman–Crippen MR) is 227 cm³/mol. The molecular weight excluding hydrogens is 749 g/mol. The third-order valence-corrected chi connectivity index (χ3v) is 16.5. The number of ether oxygens (including phenoxy) is 4. The van der Waals surface area contributed by atoms with E-state index in [4.69, 9.17) is 18.9 Å². The van der Waals surface area contributed by atoms with Gasteiger partial charge in [-0.2, -0.15) is 34.0 Å². The summed E-state index contributed by atoms with van der Waals surface area (Å²) in [6.45, 7) is 23.9. The first kappa shape index (κ1) is 37.7. The maximum absolute atomic E-state index is 10.6. The molecule has 0 bridgehead atoms. The van der Waals surface area contributed by atoms with Gasteiger partial charge < -0.3 is 18.9 Å². The highest BCUT2D eigenvalue weighted by Crippen LogP contribution is 2.69. The van der Waals surface area contributed by atoms with Crippen molar-refractivity contribution in [3.8, 4) is 46.6 Å². The highest BCUT2D eigenvalue weighted by molar-refractivity contribution is 7.99. The standard InChI is InChI=1S/C47H54N4O4S2/c1-43(2)25-47(26-44(3,4)34-20-36-40(55-46(7,8)45(5,6)54-36)32(38(34)47)24-51-13-17-57-18-14-51)37-31(23-50-11-15-56-16-12-50)39-35(19-33(37)43)52-41-29(21-48)27-9-10-28(27)30(22-49)42(41)53-39/h19-20H,9-18,23-26H2,1-8H3. The van der Waals surface area contributed by atoms with Crippen LogP contribution >= 0.6 is 23.5 Å². The van der Waals surface area contributed by atoms with Gasteiger partial charge in [0, 0.05) is 78.8 Å². The summed E-state index contributed by atoms with van der Waals surface area (Å²) >= 11 is 4.06. The van der Waals surface area contributed by atoms with Gasteiger partial charge in [-0.25, -0.2) is 0 Å². The number of hydrogen-bond donors (Lipinski definition) is 0. The van der Waals surface area contributed by atoms with E-state index >= 15 is 0 Å². The molecule has 57 heavy (non-hydrogen) atoms. The van der Waals surface area contributed by atoms with Crippen molar-refractivity contribution in [2.75, 3.05) is 49.2 Å². The van der Waals surface area contributed by atoms with Gasteiger partial charge in [0.15, 0.2) is 34.5 Å². The Morgan fingerprint density at radius 3 is 1.54 bits per heavy atom. The summed E-state index contributed by atoms with van der Waals surface area (Å²) in [7, 11) is 0. The minimum atomic E-state index is -0.550. The van der Waals surface area contributed by atoms with Gasteiger partial charge in [-0.3, -0.25) is 9.80 Å². The second-order valence-electron chi connectivity index (χ2n) is 19.7. The molecule has 3 aromatic carbocycles. The summed E-state index contributed by atoms with van der Waals surface area (Å²) in [5.74, 6) is 8.37. The van der Waals surface area contributed by atoms with Crippen LogP contribution in [0.25, 0.3) is 0 Å². The number of hydrogen-bond acceptors (Lipinski definition) is 10. The lowest BCUT2D eigenvalue weighted by molar-refractivity contribution is -0.100. The molecule has 4 aliphatic heterocycles. The van der Waals surface area contributed by atoms with E-state index in [0.717, 1.165) is 116 Å². The van der Waals surface area contributed by atoms with E-state index in [0.29, 0.717) is 34.1 Å². The Hall–Kier alpha value is -3.54. The third kappa shape index (κ3) is 5.46. The van der Waals surface area contributed by atoms with E-state index in [1.54, 1.807) is 0 Å². The first-order valence-electron chi connectivity index (χ1n) is 20.9. The Bertz CT molecular complexity index is 2340. The predicted octanol–water partition coefficient (Wildman–Crippen LogP) is 9.50. The van der Waals surface area contributed by atoms with Crippen LogP contribution in [0.1, 0.15) is 124 Å². The molecule has 2 fully saturated rings. The summed E-state index contributed by atoms with van der Waals surface area (Å²) < 4.78 is 28.3. The lowest BCUT2D eigenvalue weighted by Crippen LogP contribution is -2.56. The zero-order valence-electron chi connectivity index (χ0n) is 34.8. The molecule has 3 aromatic rings. The lowest BCUT2D eigenvalue weighted by Gasteiger charge is -2.47. The average molecular weight is 803 g/mol. The van der Waals surface area contributed by atoms with Crippen molar-refractivity contribution in [1.29, 1.82) is 10.5 Å². The molecule has 7 aliphatic rings. The normalized spacial score (nSPS) is 25.4.